The molecule has 0 radical (unpaired) electrons. The Kier molecular flexibility index (Phi) is 5.10. The second-order valence-electron chi connectivity index (χ2n) is 5.57. The van der Waals surface area contributed by atoms with Crippen molar-refractivity contribution in [3.05, 3.63) is 52.7 Å². The van der Waals surface area contributed by atoms with Gasteiger partial charge in [0.25, 0.3) is 0 Å². The van der Waals surface area contributed by atoms with E-state index < -0.39 is 0 Å². The number of amides is 1. The van der Waals surface area contributed by atoms with Crippen LogP contribution in [-0.4, -0.2) is 30.2 Å². The van der Waals surface area contributed by atoms with Crippen LogP contribution in [0.2, 0.25) is 0 Å². The average Bonchev–Trinajstić information content (AvgIpc) is 3.08. The van der Waals surface area contributed by atoms with E-state index >= 15 is 0 Å². The molecule has 4 nitrogen and oxygen atoms in total. The number of hydrogen-bond acceptors (Lipinski definition) is 4. The van der Waals surface area contributed by atoms with Gasteiger partial charge in [0.05, 0.1) is 17.5 Å². The third-order valence-electron chi connectivity index (χ3n) is 3.91. The summed E-state index contributed by atoms with van der Waals surface area (Å²) in [6.07, 6.45) is 4.70. The van der Waals surface area contributed by atoms with Crippen molar-refractivity contribution >= 4 is 34.7 Å². The van der Waals surface area contributed by atoms with Gasteiger partial charge in [0.15, 0.2) is 0 Å². The van der Waals surface area contributed by atoms with Crippen LogP contribution in [0.5, 0.6) is 0 Å². The molecule has 0 unspecified atom stereocenters. The van der Waals surface area contributed by atoms with Gasteiger partial charge in [-0.1, -0.05) is 18.2 Å². The zero-order chi connectivity index (χ0) is 16.1. The summed E-state index contributed by atoms with van der Waals surface area (Å²) >= 11 is 1.60. The van der Waals surface area contributed by atoms with Gasteiger partial charge in [0.2, 0.25) is 5.91 Å². The molecular formula is C18H20N2O2S. The summed E-state index contributed by atoms with van der Waals surface area (Å²) in [5, 5.41) is 14.6. The van der Waals surface area contributed by atoms with Crippen LogP contribution in [-0.2, 0) is 4.79 Å². The summed E-state index contributed by atoms with van der Waals surface area (Å²) in [7, 11) is 0. The Balaban J connectivity index is 1.69. The van der Waals surface area contributed by atoms with Gasteiger partial charge in [-0.25, -0.2) is 0 Å². The molecule has 5 heteroatoms. The van der Waals surface area contributed by atoms with Crippen molar-refractivity contribution in [2.24, 2.45) is 0 Å². The van der Waals surface area contributed by atoms with Gasteiger partial charge in [0, 0.05) is 24.0 Å². The lowest BCUT2D eigenvalue weighted by Crippen LogP contribution is -2.36. The van der Waals surface area contributed by atoms with E-state index in [0.717, 1.165) is 42.2 Å². The Morgan fingerprint density at radius 2 is 2.00 bits per heavy atom. The standard InChI is InChI=1S/C18H20N2O2S/c21-14-9-11-20(12-10-14)17-6-2-1-5-16(17)19-18(22)8-7-15-4-3-13-23-15/h1-8,13-14,21H,9-12H2,(H,19,22)/b8-7+. The lowest BCUT2D eigenvalue weighted by Gasteiger charge is -2.32. The van der Waals surface area contributed by atoms with E-state index in [1.54, 1.807) is 17.4 Å². The van der Waals surface area contributed by atoms with Crippen molar-refractivity contribution in [2.75, 3.05) is 23.3 Å². The van der Waals surface area contributed by atoms with Crippen LogP contribution < -0.4 is 10.2 Å². The van der Waals surface area contributed by atoms with E-state index in [1.165, 1.54) is 0 Å². The number of aliphatic hydroxyl groups is 1. The van der Waals surface area contributed by atoms with Crippen LogP contribution in [0.15, 0.2) is 47.9 Å². The maximum absolute atomic E-state index is 12.1. The first-order valence-electron chi connectivity index (χ1n) is 7.77. The minimum atomic E-state index is -0.207. The van der Waals surface area contributed by atoms with Gasteiger partial charge in [0.1, 0.15) is 0 Å². The molecule has 23 heavy (non-hydrogen) atoms. The minimum Gasteiger partial charge on any atom is -0.393 e. The number of nitrogens with one attached hydrogen (secondary N) is 1. The van der Waals surface area contributed by atoms with E-state index in [1.807, 2.05) is 47.9 Å². The van der Waals surface area contributed by atoms with Gasteiger partial charge < -0.3 is 15.3 Å². The average molecular weight is 328 g/mol. The molecule has 1 aromatic heterocycles. The molecule has 2 aromatic rings. The van der Waals surface area contributed by atoms with Crippen molar-refractivity contribution in [3.63, 3.8) is 0 Å². The quantitative estimate of drug-likeness (QED) is 0.846. The molecule has 2 heterocycles. The van der Waals surface area contributed by atoms with Crippen LogP contribution in [0.3, 0.4) is 0 Å². The second kappa shape index (κ2) is 7.44. The first kappa shape index (κ1) is 15.8. The highest BCUT2D eigenvalue weighted by molar-refractivity contribution is 7.10. The molecule has 1 amide bonds. The van der Waals surface area contributed by atoms with Crippen molar-refractivity contribution in [2.45, 2.75) is 18.9 Å². The summed E-state index contributed by atoms with van der Waals surface area (Å²) in [5.41, 5.74) is 1.82. The maximum Gasteiger partial charge on any atom is 0.248 e. The number of piperidine rings is 1. The third kappa shape index (κ3) is 4.21. The van der Waals surface area contributed by atoms with Crippen molar-refractivity contribution in [3.8, 4) is 0 Å². The van der Waals surface area contributed by atoms with Crippen LogP contribution in [0.1, 0.15) is 17.7 Å². The fourth-order valence-electron chi connectivity index (χ4n) is 2.68. The second-order valence-corrected chi connectivity index (χ2v) is 6.55. The molecule has 2 N–H and O–H groups in total. The predicted octanol–water partition coefficient (Wildman–Crippen LogP) is 3.36. The van der Waals surface area contributed by atoms with Gasteiger partial charge in [-0.2, -0.15) is 0 Å². The molecule has 0 atom stereocenters. The number of aliphatic hydroxyl groups excluding tert-OH is 1. The number of anilines is 2. The molecule has 0 bridgehead atoms. The summed E-state index contributed by atoms with van der Waals surface area (Å²) < 4.78 is 0. The smallest absolute Gasteiger partial charge is 0.248 e. The highest BCUT2D eigenvalue weighted by Crippen LogP contribution is 2.28. The van der Waals surface area contributed by atoms with E-state index in [9.17, 15) is 9.90 Å². The number of nitrogens with zero attached hydrogens (tertiary/aromatic N) is 1. The molecule has 0 spiro atoms. The third-order valence-corrected chi connectivity index (χ3v) is 4.75. The summed E-state index contributed by atoms with van der Waals surface area (Å²) in [5.74, 6) is -0.136. The number of hydrogen-bond donors (Lipinski definition) is 2. The molecule has 1 aromatic carbocycles. The highest BCUT2D eigenvalue weighted by atomic mass is 32.1. The molecular weight excluding hydrogens is 308 g/mol. The Hall–Kier alpha value is -2.11. The van der Waals surface area contributed by atoms with E-state index in [4.69, 9.17) is 0 Å². The SMILES string of the molecule is O=C(/C=C/c1cccs1)Nc1ccccc1N1CCC(O)CC1. The summed E-state index contributed by atoms with van der Waals surface area (Å²) in [6, 6.07) is 11.7. The summed E-state index contributed by atoms with van der Waals surface area (Å²) in [4.78, 5) is 15.4. The molecule has 0 saturated carbocycles. The molecule has 1 saturated heterocycles. The number of thiophene rings is 1. The van der Waals surface area contributed by atoms with Crippen LogP contribution in [0.4, 0.5) is 11.4 Å². The predicted molar refractivity (Wildman–Crippen MR) is 95.9 cm³/mol. The van der Waals surface area contributed by atoms with Gasteiger partial charge in [-0.3, -0.25) is 4.79 Å². The maximum atomic E-state index is 12.1. The van der Waals surface area contributed by atoms with E-state index in [-0.39, 0.29) is 12.0 Å². The van der Waals surface area contributed by atoms with Crippen molar-refractivity contribution < 1.29 is 9.90 Å². The molecule has 1 aliphatic rings. The number of para-hydroxylation sites is 2. The van der Waals surface area contributed by atoms with Crippen LogP contribution >= 0.6 is 11.3 Å². The number of benzene rings is 1. The number of rotatable bonds is 4. The lowest BCUT2D eigenvalue weighted by atomic mass is 10.1. The molecule has 1 fully saturated rings. The molecule has 1 aliphatic heterocycles. The zero-order valence-corrected chi connectivity index (χ0v) is 13.6. The lowest BCUT2D eigenvalue weighted by molar-refractivity contribution is -0.111. The van der Waals surface area contributed by atoms with Gasteiger partial charge in [-0.05, 0) is 42.5 Å². The fourth-order valence-corrected chi connectivity index (χ4v) is 3.30. The minimum absolute atomic E-state index is 0.136. The number of carbonyl (C=O) groups excluding carboxylic acids is 1. The Labute approximate surface area is 140 Å². The number of carbonyl (C=O) groups is 1. The highest BCUT2D eigenvalue weighted by Gasteiger charge is 2.19. The van der Waals surface area contributed by atoms with Crippen LogP contribution in [0, 0.1) is 0 Å². The molecule has 0 aliphatic carbocycles. The monoisotopic (exact) mass is 328 g/mol. The topological polar surface area (TPSA) is 52.6 Å². The van der Waals surface area contributed by atoms with Crippen LogP contribution in [0.25, 0.3) is 6.08 Å². The Morgan fingerprint density at radius 3 is 2.74 bits per heavy atom. The normalized spacial score (nSPS) is 16.0. The van der Waals surface area contributed by atoms with Crippen molar-refractivity contribution in [1.29, 1.82) is 0 Å². The van der Waals surface area contributed by atoms with E-state index in [2.05, 4.69) is 10.2 Å². The molecule has 3 rings (SSSR count). The first-order valence-corrected chi connectivity index (χ1v) is 8.65. The van der Waals surface area contributed by atoms with Gasteiger partial charge >= 0.3 is 0 Å². The van der Waals surface area contributed by atoms with Gasteiger partial charge in [-0.15, -0.1) is 11.3 Å². The molecule has 120 valence electrons. The first-order chi connectivity index (χ1) is 11.2. The fraction of sp³-hybridized carbons (Fsp3) is 0.278. The zero-order valence-electron chi connectivity index (χ0n) is 12.8. The van der Waals surface area contributed by atoms with E-state index in [0.29, 0.717) is 0 Å². The summed E-state index contributed by atoms with van der Waals surface area (Å²) in [6.45, 7) is 1.61. The largest absolute Gasteiger partial charge is 0.393 e. The van der Waals surface area contributed by atoms with Crippen molar-refractivity contribution in [1.82, 2.24) is 0 Å². The Morgan fingerprint density at radius 1 is 1.22 bits per heavy atom. The Bertz CT molecular complexity index is 674.